The number of morpholine rings is 1. The van der Waals surface area contributed by atoms with Gasteiger partial charge in [0.15, 0.2) is 6.10 Å². The molecule has 0 saturated carbocycles. The van der Waals surface area contributed by atoms with Crippen molar-refractivity contribution in [3.8, 4) is 5.75 Å². The maximum Gasteiger partial charge on any atom is 0.416 e. The number of hydrogen-bond donors (Lipinski definition) is 1. The molecule has 1 fully saturated rings. The van der Waals surface area contributed by atoms with Crippen LogP contribution in [0.2, 0.25) is 0 Å². The summed E-state index contributed by atoms with van der Waals surface area (Å²) in [6.45, 7) is 3.34. The summed E-state index contributed by atoms with van der Waals surface area (Å²) in [6.07, 6.45) is -5.55. The molecule has 3 rings (SSSR count). The average Bonchev–Trinajstić information content (AvgIpc) is 2.69. The van der Waals surface area contributed by atoms with Crippen molar-refractivity contribution in [3.63, 3.8) is 0 Å². The number of nitrogens with zero attached hydrogens (tertiary/aromatic N) is 1. The number of carbonyl (C=O) groups excluding carboxylic acids is 1. The quantitative estimate of drug-likeness (QED) is 0.752. The second kappa shape index (κ2) is 8.69. The van der Waals surface area contributed by atoms with Crippen LogP contribution in [0.15, 0.2) is 42.5 Å². The van der Waals surface area contributed by atoms with Crippen LogP contribution in [0.3, 0.4) is 0 Å². The van der Waals surface area contributed by atoms with Gasteiger partial charge in [-0.05, 0) is 49.4 Å². The molecule has 29 heavy (non-hydrogen) atoms. The summed E-state index contributed by atoms with van der Waals surface area (Å²) in [5, 5.41) is 2.53. The third kappa shape index (κ3) is 5.38. The van der Waals surface area contributed by atoms with Crippen molar-refractivity contribution in [1.82, 2.24) is 0 Å². The van der Waals surface area contributed by atoms with Crippen LogP contribution in [0.5, 0.6) is 5.75 Å². The van der Waals surface area contributed by atoms with Crippen molar-refractivity contribution < 1.29 is 31.8 Å². The van der Waals surface area contributed by atoms with Gasteiger partial charge in [0.2, 0.25) is 0 Å². The number of benzene rings is 2. The SMILES string of the molecule is CC(Oc1ccc(F)cc1)C(=O)Nc1cc(C(F)(F)F)ccc1N1CCOCC1. The van der Waals surface area contributed by atoms with Gasteiger partial charge in [-0.25, -0.2) is 4.39 Å². The van der Waals surface area contributed by atoms with E-state index in [-0.39, 0.29) is 11.4 Å². The highest BCUT2D eigenvalue weighted by Crippen LogP contribution is 2.36. The molecule has 0 spiro atoms. The lowest BCUT2D eigenvalue weighted by Crippen LogP contribution is -2.37. The van der Waals surface area contributed by atoms with Gasteiger partial charge in [-0.15, -0.1) is 0 Å². The van der Waals surface area contributed by atoms with E-state index >= 15 is 0 Å². The lowest BCUT2D eigenvalue weighted by molar-refractivity contribution is -0.137. The lowest BCUT2D eigenvalue weighted by Gasteiger charge is -2.31. The zero-order chi connectivity index (χ0) is 21.0. The number of alkyl halides is 3. The Hall–Kier alpha value is -2.81. The molecule has 0 aliphatic carbocycles. The molecule has 1 heterocycles. The van der Waals surface area contributed by atoms with E-state index in [1.165, 1.54) is 37.3 Å². The van der Waals surface area contributed by atoms with E-state index < -0.39 is 29.6 Å². The summed E-state index contributed by atoms with van der Waals surface area (Å²) < 4.78 is 63.2. The molecule has 1 aliphatic rings. The summed E-state index contributed by atoms with van der Waals surface area (Å²) in [6, 6.07) is 8.33. The fourth-order valence-corrected chi connectivity index (χ4v) is 2.90. The number of halogens is 4. The highest BCUT2D eigenvalue weighted by molar-refractivity contribution is 5.97. The Morgan fingerprint density at radius 2 is 1.79 bits per heavy atom. The van der Waals surface area contributed by atoms with Gasteiger partial charge in [-0.3, -0.25) is 4.79 Å². The van der Waals surface area contributed by atoms with Gasteiger partial charge in [0, 0.05) is 13.1 Å². The third-order valence-corrected chi connectivity index (χ3v) is 4.43. The van der Waals surface area contributed by atoms with Crippen LogP contribution in [0, 0.1) is 5.82 Å². The first kappa shape index (κ1) is 20.9. The molecule has 1 atom stereocenters. The van der Waals surface area contributed by atoms with Crippen LogP contribution in [0.4, 0.5) is 28.9 Å². The Morgan fingerprint density at radius 3 is 2.41 bits per heavy atom. The lowest BCUT2D eigenvalue weighted by atomic mass is 10.1. The molecule has 1 aliphatic heterocycles. The molecule has 1 unspecified atom stereocenters. The number of rotatable bonds is 5. The maximum absolute atomic E-state index is 13.2. The minimum atomic E-state index is -4.54. The Balaban J connectivity index is 1.80. The number of anilines is 2. The number of ether oxygens (including phenoxy) is 2. The first-order chi connectivity index (χ1) is 13.7. The number of carbonyl (C=O) groups is 1. The second-order valence-corrected chi connectivity index (χ2v) is 6.53. The van der Waals surface area contributed by atoms with E-state index in [0.717, 1.165) is 12.1 Å². The van der Waals surface area contributed by atoms with Crippen LogP contribution >= 0.6 is 0 Å². The van der Waals surface area contributed by atoms with Crippen LogP contribution in [-0.2, 0) is 15.7 Å². The monoisotopic (exact) mass is 412 g/mol. The molecule has 0 bridgehead atoms. The van der Waals surface area contributed by atoms with Crippen LogP contribution in [0.25, 0.3) is 0 Å². The number of nitrogens with one attached hydrogen (secondary N) is 1. The summed E-state index contributed by atoms with van der Waals surface area (Å²) in [5.41, 5.74) is -0.346. The Bertz CT molecular complexity index is 850. The summed E-state index contributed by atoms with van der Waals surface area (Å²) in [4.78, 5) is 14.4. The van der Waals surface area contributed by atoms with E-state index in [9.17, 15) is 22.4 Å². The van der Waals surface area contributed by atoms with Crippen LogP contribution in [-0.4, -0.2) is 38.3 Å². The summed E-state index contributed by atoms with van der Waals surface area (Å²) >= 11 is 0. The zero-order valence-electron chi connectivity index (χ0n) is 15.6. The molecule has 0 radical (unpaired) electrons. The molecule has 2 aromatic carbocycles. The van der Waals surface area contributed by atoms with Crippen molar-refractivity contribution in [2.45, 2.75) is 19.2 Å². The Morgan fingerprint density at radius 1 is 1.14 bits per heavy atom. The fourth-order valence-electron chi connectivity index (χ4n) is 2.90. The van der Waals surface area contributed by atoms with Gasteiger partial charge in [0.05, 0.1) is 30.2 Å². The molecular weight excluding hydrogens is 392 g/mol. The van der Waals surface area contributed by atoms with Gasteiger partial charge in [0.25, 0.3) is 5.91 Å². The van der Waals surface area contributed by atoms with Crippen molar-refractivity contribution in [3.05, 3.63) is 53.8 Å². The normalized spacial score (nSPS) is 15.7. The maximum atomic E-state index is 13.2. The van der Waals surface area contributed by atoms with Crippen molar-refractivity contribution >= 4 is 17.3 Å². The molecule has 1 saturated heterocycles. The Kier molecular flexibility index (Phi) is 6.26. The Labute approximate surface area is 165 Å². The largest absolute Gasteiger partial charge is 0.481 e. The van der Waals surface area contributed by atoms with Crippen LogP contribution < -0.4 is 15.0 Å². The van der Waals surface area contributed by atoms with Gasteiger partial charge >= 0.3 is 6.18 Å². The molecule has 5 nitrogen and oxygen atoms in total. The minimum Gasteiger partial charge on any atom is -0.481 e. The van der Waals surface area contributed by atoms with E-state index in [0.29, 0.717) is 32.0 Å². The highest BCUT2D eigenvalue weighted by atomic mass is 19.4. The third-order valence-electron chi connectivity index (χ3n) is 4.43. The predicted molar refractivity (Wildman–Crippen MR) is 99.6 cm³/mol. The van der Waals surface area contributed by atoms with Gasteiger partial charge in [-0.2, -0.15) is 13.2 Å². The fraction of sp³-hybridized carbons (Fsp3) is 0.350. The molecule has 0 aromatic heterocycles. The van der Waals surface area contributed by atoms with Gasteiger partial charge in [0.1, 0.15) is 11.6 Å². The first-order valence-corrected chi connectivity index (χ1v) is 9.01. The predicted octanol–water partition coefficient (Wildman–Crippen LogP) is 4.09. The zero-order valence-corrected chi connectivity index (χ0v) is 15.6. The van der Waals surface area contributed by atoms with E-state index in [1.54, 1.807) is 0 Å². The topological polar surface area (TPSA) is 50.8 Å². The number of amides is 1. The van der Waals surface area contributed by atoms with Crippen molar-refractivity contribution in [1.29, 1.82) is 0 Å². The summed E-state index contributed by atoms with van der Waals surface area (Å²) in [5.74, 6) is -0.803. The smallest absolute Gasteiger partial charge is 0.416 e. The van der Waals surface area contributed by atoms with Crippen molar-refractivity contribution in [2.24, 2.45) is 0 Å². The van der Waals surface area contributed by atoms with E-state index in [2.05, 4.69) is 5.32 Å². The summed E-state index contributed by atoms with van der Waals surface area (Å²) in [7, 11) is 0. The van der Waals surface area contributed by atoms with Crippen LogP contribution in [0.1, 0.15) is 12.5 Å². The van der Waals surface area contributed by atoms with Gasteiger partial charge < -0.3 is 19.7 Å². The van der Waals surface area contributed by atoms with E-state index in [1.807, 2.05) is 4.90 Å². The molecule has 1 amide bonds. The first-order valence-electron chi connectivity index (χ1n) is 9.01. The standard InChI is InChI=1S/C20H20F4N2O3/c1-13(29-16-5-3-15(21)4-6-16)19(27)25-17-12-14(20(22,23)24)2-7-18(17)26-8-10-28-11-9-26/h2-7,12-13H,8-11H2,1H3,(H,25,27). The average molecular weight is 412 g/mol. The molecular formula is C20H20F4N2O3. The minimum absolute atomic E-state index is 0.0429. The second-order valence-electron chi connectivity index (χ2n) is 6.53. The number of hydrogen-bond acceptors (Lipinski definition) is 4. The highest BCUT2D eigenvalue weighted by Gasteiger charge is 2.32. The molecule has 2 aromatic rings. The van der Waals surface area contributed by atoms with Crippen molar-refractivity contribution in [2.75, 3.05) is 36.5 Å². The molecule has 156 valence electrons. The molecule has 1 N–H and O–H groups in total. The molecule has 9 heteroatoms. The van der Waals surface area contributed by atoms with Gasteiger partial charge in [-0.1, -0.05) is 0 Å². The van der Waals surface area contributed by atoms with E-state index in [4.69, 9.17) is 9.47 Å².